The van der Waals surface area contributed by atoms with Crippen LogP contribution in [0.25, 0.3) is 0 Å². The first kappa shape index (κ1) is 24.4. The summed E-state index contributed by atoms with van der Waals surface area (Å²) < 4.78 is 35.7. The van der Waals surface area contributed by atoms with Gasteiger partial charge in [-0.3, -0.25) is 4.79 Å². The fourth-order valence-corrected chi connectivity index (χ4v) is 8.31. The highest BCUT2D eigenvalue weighted by Gasteiger charge is 2.49. The molecule has 5 rings (SSSR count). The molecule has 3 aromatic carbocycles. The lowest BCUT2D eigenvalue weighted by atomic mass is 10.1. The van der Waals surface area contributed by atoms with Crippen LogP contribution >= 0.6 is 11.8 Å². The minimum Gasteiger partial charge on any atom is -0.497 e. The molecule has 0 aliphatic carbocycles. The van der Waals surface area contributed by atoms with E-state index in [4.69, 9.17) is 9.47 Å². The van der Waals surface area contributed by atoms with Gasteiger partial charge in [-0.25, -0.2) is 8.42 Å². The van der Waals surface area contributed by atoms with Gasteiger partial charge in [-0.2, -0.15) is 4.99 Å². The number of sulfone groups is 1. The lowest BCUT2D eigenvalue weighted by Gasteiger charge is -2.24. The van der Waals surface area contributed by atoms with Crippen LogP contribution in [0, 0.1) is 0 Å². The number of amidine groups is 1. The Kier molecular flexibility index (Phi) is 7.02. The smallest absolute Gasteiger partial charge is 0.252 e. The van der Waals surface area contributed by atoms with Crippen LogP contribution in [0.4, 0.5) is 5.69 Å². The van der Waals surface area contributed by atoms with Crippen molar-refractivity contribution in [3.05, 3.63) is 90.0 Å². The molecule has 0 aromatic heterocycles. The van der Waals surface area contributed by atoms with Gasteiger partial charge in [-0.1, -0.05) is 54.2 Å². The second-order valence-electron chi connectivity index (χ2n) is 8.75. The van der Waals surface area contributed by atoms with Gasteiger partial charge in [0.2, 0.25) is 0 Å². The summed E-state index contributed by atoms with van der Waals surface area (Å²) in [6.45, 7) is 0.454. The van der Waals surface area contributed by atoms with Crippen LogP contribution in [-0.2, 0) is 27.7 Å². The summed E-state index contributed by atoms with van der Waals surface area (Å²) in [5.74, 6) is 1.28. The standard InChI is InChI=1S/C27H26N2O5S2/c1-33-22-11-7-19(8-12-22)15-26(30)28-27-29(24-17-36(31,32)18-25(24)35-27)21-9-13-23(14-10-21)34-16-20-5-3-2-4-6-20/h2-14,24-25H,15-18H2,1H3/t24-,25+/m0/s1. The molecule has 0 spiro atoms. The summed E-state index contributed by atoms with van der Waals surface area (Å²) in [5.41, 5.74) is 2.69. The van der Waals surface area contributed by atoms with Gasteiger partial charge in [-0.15, -0.1) is 0 Å². The zero-order chi connectivity index (χ0) is 25.1. The zero-order valence-electron chi connectivity index (χ0n) is 19.7. The van der Waals surface area contributed by atoms with E-state index >= 15 is 0 Å². The molecule has 9 heteroatoms. The third-order valence-electron chi connectivity index (χ3n) is 6.16. The lowest BCUT2D eigenvalue weighted by Crippen LogP contribution is -2.37. The average Bonchev–Trinajstić information content (AvgIpc) is 3.34. The first-order chi connectivity index (χ1) is 17.4. The predicted octanol–water partition coefficient (Wildman–Crippen LogP) is 4.12. The van der Waals surface area contributed by atoms with E-state index in [1.807, 2.05) is 83.8 Å². The number of anilines is 1. The third-order valence-corrected chi connectivity index (χ3v) is 9.37. The van der Waals surface area contributed by atoms with Crippen molar-refractivity contribution in [3.8, 4) is 11.5 Å². The molecule has 1 amide bonds. The molecule has 0 unspecified atom stereocenters. The molecule has 2 saturated heterocycles. The van der Waals surface area contributed by atoms with Crippen LogP contribution in [0.2, 0.25) is 0 Å². The largest absolute Gasteiger partial charge is 0.497 e. The number of carbonyl (C=O) groups excluding carboxylic acids is 1. The SMILES string of the molecule is COc1ccc(CC(=O)N=C2S[C@@H]3CS(=O)(=O)C[C@@H]3N2c2ccc(OCc3ccccc3)cc2)cc1. The molecule has 2 aliphatic rings. The molecule has 7 nitrogen and oxygen atoms in total. The number of ether oxygens (including phenoxy) is 2. The normalized spacial score (nSPS) is 21.4. The van der Waals surface area contributed by atoms with E-state index in [1.54, 1.807) is 7.11 Å². The van der Waals surface area contributed by atoms with Gasteiger partial charge in [0.05, 0.1) is 31.1 Å². The average molecular weight is 523 g/mol. The van der Waals surface area contributed by atoms with Crippen molar-refractivity contribution in [2.75, 3.05) is 23.5 Å². The number of nitrogens with zero attached hydrogens (tertiary/aromatic N) is 2. The van der Waals surface area contributed by atoms with Gasteiger partial charge in [0.1, 0.15) is 18.1 Å². The molecule has 0 N–H and O–H groups in total. The molecule has 36 heavy (non-hydrogen) atoms. The second kappa shape index (κ2) is 10.4. The molecule has 3 aromatic rings. The van der Waals surface area contributed by atoms with E-state index in [0.717, 1.165) is 22.6 Å². The van der Waals surface area contributed by atoms with Crippen LogP contribution in [-0.4, -0.2) is 49.4 Å². The summed E-state index contributed by atoms with van der Waals surface area (Å²) in [6, 6.07) is 24.4. The molecule has 0 bridgehead atoms. The van der Waals surface area contributed by atoms with Crippen molar-refractivity contribution in [1.82, 2.24) is 0 Å². The highest BCUT2D eigenvalue weighted by molar-refractivity contribution is 8.16. The van der Waals surface area contributed by atoms with Gasteiger partial charge in [-0.05, 0) is 47.5 Å². The lowest BCUT2D eigenvalue weighted by molar-refractivity contribution is -0.117. The molecule has 186 valence electrons. The molecule has 2 atom stereocenters. The Hall–Kier alpha value is -3.30. The monoisotopic (exact) mass is 522 g/mol. The maximum atomic E-state index is 12.8. The topological polar surface area (TPSA) is 85.3 Å². The van der Waals surface area contributed by atoms with Crippen LogP contribution in [0.15, 0.2) is 83.9 Å². The second-order valence-corrected chi connectivity index (χ2v) is 12.1. The Balaban J connectivity index is 1.34. The molecule has 2 heterocycles. The Labute approximate surface area is 215 Å². The van der Waals surface area contributed by atoms with Gasteiger partial charge >= 0.3 is 0 Å². The number of carbonyl (C=O) groups is 1. The van der Waals surface area contributed by atoms with Crippen LogP contribution in [0.3, 0.4) is 0 Å². The van der Waals surface area contributed by atoms with Gasteiger partial charge < -0.3 is 14.4 Å². The summed E-state index contributed by atoms with van der Waals surface area (Å²) >= 11 is 1.37. The number of benzene rings is 3. The number of rotatable bonds is 7. The number of hydrogen-bond acceptors (Lipinski definition) is 6. The number of hydrogen-bond donors (Lipinski definition) is 0. The van der Waals surface area contributed by atoms with Gasteiger partial charge in [0.15, 0.2) is 15.0 Å². The summed E-state index contributed by atoms with van der Waals surface area (Å²) in [5, 5.41) is 0.382. The minimum absolute atomic E-state index is 0.0443. The van der Waals surface area contributed by atoms with E-state index in [9.17, 15) is 13.2 Å². The molecular weight excluding hydrogens is 496 g/mol. The van der Waals surface area contributed by atoms with E-state index < -0.39 is 9.84 Å². The number of methoxy groups -OCH3 is 1. The molecule has 0 radical (unpaired) electrons. The molecule has 2 fully saturated rings. The van der Waals surface area contributed by atoms with Crippen LogP contribution < -0.4 is 14.4 Å². The Morgan fingerprint density at radius 3 is 2.33 bits per heavy atom. The van der Waals surface area contributed by atoms with Gasteiger partial charge in [0, 0.05) is 10.9 Å². The summed E-state index contributed by atoms with van der Waals surface area (Å²) in [7, 11) is -1.55. The van der Waals surface area contributed by atoms with Crippen molar-refractivity contribution >= 4 is 38.4 Å². The van der Waals surface area contributed by atoms with Crippen LogP contribution in [0.5, 0.6) is 11.5 Å². The maximum Gasteiger partial charge on any atom is 0.252 e. The predicted molar refractivity (Wildman–Crippen MR) is 143 cm³/mol. The van der Waals surface area contributed by atoms with Crippen molar-refractivity contribution in [2.45, 2.75) is 24.3 Å². The van der Waals surface area contributed by atoms with Crippen molar-refractivity contribution in [3.63, 3.8) is 0 Å². The Morgan fingerprint density at radius 2 is 1.64 bits per heavy atom. The first-order valence-electron chi connectivity index (χ1n) is 11.6. The third kappa shape index (κ3) is 5.57. The number of thioether (sulfide) groups is 1. The van der Waals surface area contributed by atoms with Crippen molar-refractivity contribution < 1.29 is 22.7 Å². The number of fused-ring (bicyclic) bond motifs is 1. The van der Waals surface area contributed by atoms with E-state index in [-0.39, 0.29) is 35.1 Å². The van der Waals surface area contributed by atoms with Gasteiger partial charge in [0.25, 0.3) is 5.91 Å². The summed E-state index contributed by atoms with van der Waals surface area (Å²) in [4.78, 5) is 19.1. The Bertz CT molecular complexity index is 1360. The van der Waals surface area contributed by atoms with E-state index in [2.05, 4.69) is 4.99 Å². The molecule has 0 saturated carbocycles. The minimum atomic E-state index is -3.14. The Morgan fingerprint density at radius 1 is 0.944 bits per heavy atom. The van der Waals surface area contributed by atoms with Crippen LogP contribution in [0.1, 0.15) is 11.1 Å². The highest BCUT2D eigenvalue weighted by Crippen LogP contribution is 2.41. The fraction of sp³-hybridized carbons (Fsp3) is 0.259. The van der Waals surface area contributed by atoms with Crippen molar-refractivity contribution in [1.29, 1.82) is 0 Å². The highest BCUT2D eigenvalue weighted by atomic mass is 32.2. The fourth-order valence-electron chi connectivity index (χ4n) is 4.37. The molecular formula is C27H26N2O5S2. The first-order valence-corrected chi connectivity index (χ1v) is 14.3. The van der Waals surface area contributed by atoms with Crippen molar-refractivity contribution in [2.24, 2.45) is 4.99 Å². The van der Waals surface area contributed by atoms with E-state index in [1.165, 1.54) is 11.8 Å². The molecule has 2 aliphatic heterocycles. The summed E-state index contributed by atoms with van der Waals surface area (Å²) in [6.07, 6.45) is 0.155. The quantitative estimate of drug-likeness (QED) is 0.462. The maximum absolute atomic E-state index is 12.8. The van der Waals surface area contributed by atoms with E-state index in [0.29, 0.717) is 17.5 Å². The number of aliphatic imine (C=N–C) groups is 1. The zero-order valence-corrected chi connectivity index (χ0v) is 21.4. The number of amides is 1.